The summed E-state index contributed by atoms with van der Waals surface area (Å²) in [6, 6.07) is 1.20. The van der Waals surface area contributed by atoms with Gasteiger partial charge in [-0.25, -0.2) is 0 Å². The first kappa shape index (κ1) is 12.9. The quantitative estimate of drug-likeness (QED) is 0.552. The van der Waals surface area contributed by atoms with Crippen molar-refractivity contribution in [3.05, 3.63) is 0 Å². The molecule has 0 unspecified atom stereocenters. The number of nitrogens with one attached hydrogen (secondary N) is 1. The smallest absolute Gasteiger partial charge is 0.0897 e. The SMILES string of the molecule is CCC(CC)NC1CN(C[C@H](O)CO)C1. The molecule has 0 aromatic heterocycles. The van der Waals surface area contributed by atoms with Gasteiger partial charge in [-0.2, -0.15) is 0 Å². The minimum absolute atomic E-state index is 0.138. The highest BCUT2D eigenvalue weighted by atomic mass is 16.3. The van der Waals surface area contributed by atoms with Crippen LogP contribution in [-0.4, -0.2) is 59.5 Å². The molecule has 1 heterocycles. The van der Waals surface area contributed by atoms with Gasteiger partial charge in [-0.1, -0.05) is 13.8 Å². The maximum atomic E-state index is 9.24. The van der Waals surface area contributed by atoms with Crippen molar-refractivity contribution in [1.29, 1.82) is 0 Å². The van der Waals surface area contributed by atoms with E-state index in [0.29, 0.717) is 18.6 Å². The van der Waals surface area contributed by atoms with Gasteiger partial charge in [-0.15, -0.1) is 0 Å². The average Bonchev–Trinajstić information content (AvgIpc) is 2.21. The normalized spacial score (nSPS) is 20.6. The minimum Gasteiger partial charge on any atom is -0.394 e. The van der Waals surface area contributed by atoms with Crippen LogP contribution in [-0.2, 0) is 0 Å². The van der Waals surface area contributed by atoms with Crippen LogP contribution in [0.5, 0.6) is 0 Å². The summed E-state index contributed by atoms with van der Waals surface area (Å²) >= 11 is 0. The average molecular weight is 216 g/mol. The van der Waals surface area contributed by atoms with Crippen molar-refractivity contribution >= 4 is 0 Å². The second kappa shape index (κ2) is 6.43. The predicted octanol–water partition coefficient (Wildman–Crippen LogP) is -0.198. The Morgan fingerprint density at radius 1 is 1.33 bits per heavy atom. The van der Waals surface area contributed by atoms with Crippen LogP contribution in [0.1, 0.15) is 26.7 Å². The summed E-state index contributed by atoms with van der Waals surface area (Å²) in [7, 11) is 0. The largest absolute Gasteiger partial charge is 0.394 e. The van der Waals surface area contributed by atoms with E-state index in [1.54, 1.807) is 0 Å². The van der Waals surface area contributed by atoms with E-state index in [9.17, 15) is 5.11 Å². The van der Waals surface area contributed by atoms with Crippen LogP contribution in [0.15, 0.2) is 0 Å². The summed E-state index contributed by atoms with van der Waals surface area (Å²) in [6.45, 7) is 6.85. The van der Waals surface area contributed by atoms with Gasteiger partial charge in [0.1, 0.15) is 0 Å². The summed E-state index contributed by atoms with van der Waals surface area (Å²) in [5.41, 5.74) is 0. The van der Waals surface area contributed by atoms with Gasteiger partial charge in [0.05, 0.1) is 12.7 Å². The first-order chi connectivity index (χ1) is 7.19. The Balaban J connectivity index is 2.09. The van der Waals surface area contributed by atoms with E-state index in [1.807, 2.05) is 0 Å². The molecule has 0 aliphatic carbocycles. The molecule has 0 bridgehead atoms. The molecular formula is C11H24N2O2. The third-order valence-corrected chi connectivity index (χ3v) is 3.09. The number of aliphatic hydroxyl groups is 2. The summed E-state index contributed by atoms with van der Waals surface area (Å²) in [4.78, 5) is 2.17. The van der Waals surface area contributed by atoms with Crippen molar-refractivity contribution < 1.29 is 10.2 Å². The molecule has 0 radical (unpaired) electrons. The molecule has 1 rings (SSSR count). The van der Waals surface area contributed by atoms with E-state index in [1.165, 1.54) is 12.8 Å². The van der Waals surface area contributed by atoms with E-state index < -0.39 is 6.10 Å². The lowest BCUT2D eigenvalue weighted by Crippen LogP contribution is -2.61. The fourth-order valence-electron chi connectivity index (χ4n) is 2.04. The molecule has 90 valence electrons. The van der Waals surface area contributed by atoms with Crippen LogP contribution >= 0.6 is 0 Å². The van der Waals surface area contributed by atoms with Crippen LogP contribution in [0.2, 0.25) is 0 Å². The minimum atomic E-state index is -0.584. The van der Waals surface area contributed by atoms with Gasteiger partial charge in [0.25, 0.3) is 0 Å². The summed E-state index contributed by atoms with van der Waals surface area (Å²) < 4.78 is 0. The fourth-order valence-corrected chi connectivity index (χ4v) is 2.04. The van der Waals surface area contributed by atoms with E-state index in [2.05, 4.69) is 24.1 Å². The zero-order valence-corrected chi connectivity index (χ0v) is 9.82. The molecule has 4 nitrogen and oxygen atoms in total. The zero-order chi connectivity index (χ0) is 11.3. The Bertz CT molecular complexity index is 168. The number of nitrogens with zero attached hydrogens (tertiary/aromatic N) is 1. The molecule has 0 aromatic carbocycles. The van der Waals surface area contributed by atoms with Crippen molar-refractivity contribution in [1.82, 2.24) is 10.2 Å². The van der Waals surface area contributed by atoms with Crippen LogP contribution in [0, 0.1) is 0 Å². The molecule has 0 aromatic rings. The standard InChI is InChI=1S/C11H24N2O2/c1-3-9(4-2)12-10-5-13(6-10)7-11(15)8-14/h9-12,14-15H,3-8H2,1-2H3/t11-/m0/s1. The van der Waals surface area contributed by atoms with Gasteiger partial charge in [0.2, 0.25) is 0 Å². The van der Waals surface area contributed by atoms with Crippen molar-refractivity contribution in [2.24, 2.45) is 0 Å². The first-order valence-electron chi connectivity index (χ1n) is 5.96. The maximum Gasteiger partial charge on any atom is 0.0897 e. The second-order valence-electron chi connectivity index (χ2n) is 4.43. The van der Waals surface area contributed by atoms with Gasteiger partial charge < -0.3 is 15.5 Å². The lowest BCUT2D eigenvalue weighted by molar-refractivity contribution is 0.0232. The van der Waals surface area contributed by atoms with Crippen molar-refractivity contribution in [2.45, 2.75) is 44.9 Å². The van der Waals surface area contributed by atoms with Crippen LogP contribution in [0.25, 0.3) is 0 Å². The molecule has 0 amide bonds. The van der Waals surface area contributed by atoms with E-state index in [0.717, 1.165) is 13.1 Å². The van der Waals surface area contributed by atoms with Gasteiger partial charge in [0, 0.05) is 31.7 Å². The Hall–Kier alpha value is -0.160. The first-order valence-corrected chi connectivity index (χ1v) is 5.96. The van der Waals surface area contributed by atoms with Crippen molar-refractivity contribution in [2.75, 3.05) is 26.2 Å². The highest BCUT2D eigenvalue weighted by Gasteiger charge is 2.28. The van der Waals surface area contributed by atoms with E-state index in [4.69, 9.17) is 5.11 Å². The van der Waals surface area contributed by atoms with E-state index >= 15 is 0 Å². The maximum absolute atomic E-state index is 9.24. The Labute approximate surface area is 92.3 Å². The highest BCUT2D eigenvalue weighted by Crippen LogP contribution is 2.10. The number of aliphatic hydroxyl groups excluding tert-OH is 2. The number of likely N-dealkylation sites (tertiary alicyclic amines) is 1. The summed E-state index contributed by atoms with van der Waals surface area (Å²) in [6.07, 6.45) is 1.76. The van der Waals surface area contributed by atoms with Crippen LogP contribution in [0.3, 0.4) is 0 Å². The second-order valence-corrected chi connectivity index (χ2v) is 4.43. The molecule has 15 heavy (non-hydrogen) atoms. The molecule has 0 saturated carbocycles. The molecule has 1 atom stereocenters. The number of hydrogen-bond acceptors (Lipinski definition) is 4. The molecule has 4 heteroatoms. The number of hydrogen-bond donors (Lipinski definition) is 3. The van der Waals surface area contributed by atoms with Gasteiger partial charge >= 0.3 is 0 Å². The van der Waals surface area contributed by atoms with Crippen LogP contribution < -0.4 is 5.32 Å². The topological polar surface area (TPSA) is 55.7 Å². The molecule has 1 fully saturated rings. The molecule has 1 aliphatic heterocycles. The molecular weight excluding hydrogens is 192 g/mol. The van der Waals surface area contributed by atoms with E-state index in [-0.39, 0.29) is 6.61 Å². The number of rotatable bonds is 7. The van der Waals surface area contributed by atoms with Crippen LogP contribution in [0.4, 0.5) is 0 Å². The predicted molar refractivity (Wildman–Crippen MR) is 60.8 cm³/mol. The number of β-amino-alcohol motifs (C(OH)–C–C–N with tert-alkyl or cyclic N) is 1. The Morgan fingerprint density at radius 2 is 1.93 bits per heavy atom. The lowest BCUT2D eigenvalue weighted by atomic mass is 10.0. The third-order valence-electron chi connectivity index (χ3n) is 3.09. The van der Waals surface area contributed by atoms with Gasteiger partial charge in [-0.05, 0) is 12.8 Å². The molecule has 0 spiro atoms. The van der Waals surface area contributed by atoms with Crippen molar-refractivity contribution in [3.63, 3.8) is 0 Å². The molecule has 1 saturated heterocycles. The zero-order valence-electron chi connectivity index (χ0n) is 9.82. The molecule has 3 N–H and O–H groups in total. The Morgan fingerprint density at radius 3 is 2.40 bits per heavy atom. The fraction of sp³-hybridized carbons (Fsp3) is 1.00. The lowest BCUT2D eigenvalue weighted by Gasteiger charge is -2.42. The summed E-state index contributed by atoms with van der Waals surface area (Å²) in [5.74, 6) is 0. The third kappa shape index (κ3) is 4.07. The highest BCUT2D eigenvalue weighted by molar-refractivity contribution is 4.88. The monoisotopic (exact) mass is 216 g/mol. The van der Waals surface area contributed by atoms with Gasteiger partial charge in [-0.3, -0.25) is 4.90 Å². The molecule has 1 aliphatic rings. The Kier molecular flexibility index (Phi) is 5.53. The summed E-state index contributed by atoms with van der Waals surface area (Å²) in [5, 5.41) is 21.5. The van der Waals surface area contributed by atoms with Gasteiger partial charge in [0.15, 0.2) is 0 Å². The van der Waals surface area contributed by atoms with Crippen molar-refractivity contribution in [3.8, 4) is 0 Å².